The molecule has 2 aromatic rings. The Morgan fingerprint density at radius 3 is 2.02 bits per heavy atom. The number of piperidine rings is 2. The van der Waals surface area contributed by atoms with Crippen LogP contribution in [0, 0.1) is 5.92 Å². The number of benzene rings is 2. The van der Waals surface area contributed by atoms with Crippen molar-refractivity contribution in [1.29, 1.82) is 0 Å². The number of ether oxygens (including phenoxy) is 1. The summed E-state index contributed by atoms with van der Waals surface area (Å²) in [7, 11) is 0. The highest BCUT2D eigenvalue weighted by atomic mass is 16.6. The van der Waals surface area contributed by atoms with Gasteiger partial charge in [0.2, 0.25) is 11.8 Å². The molecule has 3 amide bonds. The Kier molecular flexibility index (Phi) is 12.1. The average Bonchev–Trinajstić information content (AvgIpc) is 3.01. The molecule has 2 saturated heterocycles. The minimum atomic E-state index is -0.616. The van der Waals surface area contributed by atoms with E-state index in [9.17, 15) is 14.4 Å². The van der Waals surface area contributed by atoms with E-state index in [0.29, 0.717) is 26.1 Å². The van der Waals surface area contributed by atoms with Gasteiger partial charge in [-0.1, -0.05) is 60.7 Å². The van der Waals surface area contributed by atoms with Crippen LogP contribution in [0.1, 0.15) is 89.7 Å². The third-order valence-corrected chi connectivity index (χ3v) is 8.59. The van der Waals surface area contributed by atoms with Crippen molar-refractivity contribution >= 4 is 17.9 Å². The van der Waals surface area contributed by atoms with E-state index >= 15 is 0 Å². The number of rotatable bonds is 11. The Hall–Kier alpha value is -3.35. The lowest BCUT2D eigenvalue weighted by Crippen LogP contribution is -2.56. The smallest absolute Gasteiger partial charge is 0.410 e. The molecule has 2 aromatic carbocycles. The Morgan fingerprint density at radius 2 is 1.44 bits per heavy atom. The van der Waals surface area contributed by atoms with Crippen LogP contribution in [0.2, 0.25) is 0 Å². The summed E-state index contributed by atoms with van der Waals surface area (Å²) in [5, 5.41) is 3.39. The lowest BCUT2D eigenvalue weighted by Gasteiger charge is -2.40. The molecule has 0 bridgehead atoms. The predicted octanol–water partition coefficient (Wildman–Crippen LogP) is 6.55. The molecule has 0 saturated carbocycles. The number of nitrogens with one attached hydrogen (secondary N) is 1. The molecule has 2 atom stereocenters. The van der Waals surface area contributed by atoms with Crippen LogP contribution < -0.4 is 5.32 Å². The Balaban J connectivity index is 1.34. The lowest BCUT2D eigenvalue weighted by atomic mass is 9.93. The van der Waals surface area contributed by atoms with Gasteiger partial charge < -0.3 is 15.0 Å². The van der Waals surface area contributed by atoms with E-state index in [1.807, 2.05) is 37.8 Å². The van der Waals surface area contributed by atoms with Crippen LogP contribution >= 0.6 is 0 Å². The van der Waals surface area contributed by atoms with Gasteiger partial charge in [0.1, 0.15) is 11.6 Å². The van der Waals surface area contributed by atoms with Crippen molar-refractivity contribution in [3.8, 4) is 0 Å². The largest absolute Gasteiger partial charge is 0.444 e. The molecule has 0 radical (unpaired) electrons. The molecule has 2 aliphatic rings. The second-order valence-electron chi connectivity index (χ2n) is 13.3. The van der Waals surface area contributed by atoms with E-state index < -0.39 is 17.7 Å². The van der Waals surface area contributed by atoms with Crippen molar-refractivity contribution in [2.45, 2.75) is 109 Å². The van der Waals surface area contributed by atoms with E-state index in [1.54, 1.807) is 4.90 Å². The van der Waals surface area contributed by atoms with Crippen molar-refractivity contribution in [3.63, 3.8) is 0 Å². The fraction of sp³-hybridized carbons (Fsp3) is 0.583. The van der Waals surface area contributed by atoms with E-state index in [2.05, 4.69) is 53.8 Å². The van der Waals surface area contributed by atoms with Crippen LogP contribution in [0.5, 0.6) is 0 Å². The zero-order chi connectivity index (χ0) is 30.7. The van der Waals surface area contributed by atoms with Crippen LogP contribution in [-0.4, -0.2) is 65.0 Å². The first-order valence-electron chi connectivity index (χ1n) is 16.4. The van der Waals surface area contributed by atoms with Gasteiger partial charge in [0.15, 0.2) is 0 Å². The number of likely N-dealkylation sites (tertiary alicyclic amines) is 2. The third-order valence-electron chi connectivity index (χ3n) is 8.59. The molecule has 0 aromatic heterocycles. The van der Waals surface area contributed by atoms with Gasteiger partial charge in [0.25, 0.3) is 0 Å². The molecular formula is C36H51N3O4. The summed E-state index contributed by atoms with van der Waals surface area (Å²) >= 11 is 0. The third kappa shape index (κ3) is 10.4. The molecule has 7 nitrogen and oxygen atoms in total. The number of carbonyl (C=O) groups is 3. The monoisotopic (exact) mass is 589 g/mol. The molecule has 7 heteroatoms. The molecule has 2 heterocycles. The number of aryl methyl sites for hydroxylation is 2. The van der Waals surface area contributed by atoms with Gasteiger partial charge in [-0.2, -0.15) is 0 Å². The van der Waals surface area contributed by atoms with Crippen LogP contribution in [0.4, 0.5) is 4.79 Å². The molecule has 2 aliphatic heterocycles. The normalized spacial score (nSPS) is 19.3. The summed E-state index contributed by atoms with van der Waals surface area (Å²) in [6.45, 7) is 7.09. The highest BCUT2D eigenvalue weighted by molar-refractivity contribution is 5.87. The summed E-state index contributed by atoms with van der Waals surface area (Å²) in [5.74, 6) is -0.234. The van der Waals surface area contributed by atoms with Crippen molar-refractivity contribution < 1.29 is 19.1 Å². The average molecular weight is 590 g/mol. The van der Waals surface area contributed by atoms with Crippen molar-refractivity contribution in [1.82, 2.24) is 15.1 Å². The Morgan fingerprint density at radius 1 is 0.837 bits per heavy atom. The molecule has 1 N–H and O–H groups in total. The number of hydrogen-bond donors (Lipinski definition) is 1. The Labute approximate surface area is 258 Å². The molecule has 234 valence electrons. The van der Waals surface area contributed by atoms with Crippen LogP contribution in [0.15, 0.2) is 60.7 Å². The lowest BCUT2D eigenvalue weighted by molar-refractivity contribution is -0.141. The second kappa shape index (κ2) is 15.9. The summed E-state index contributed by atoms with van der Waals surface area (Å²) in [6.07, 6.45) is 9.41. The summed E-state index contributed by atoms with van der Waals surface area (Å²) in [6, 6.07) is 20.6. The first-order valence-corrected chi connectivity index (χ1v) is 16.4. The second-order valence-corrected chi connectivity index (χ2v) is 13.3. The van der Waals surface area contributed by atoms with Crippen LogP contribution in [0.25, 0.3) is 0 Å². The van der Waals surface area contributed by atoms with E-state index in [0.717, 1.165) is 64.2 Å². The first-order chi connectivity index (χ1) is 20.7. The van der Waals surface area contributed by atoms with Gasteiger partial charge in [-0.25, -0.2) is 4.79 Å². The maximum absolute atomic E-state index is 13.7. The topological polar surface area (TPSA) is 79.0 Å². The zero-order valence-electron chi connectivity index (χ0n) is 26.4. The number of hydrogen-bond acceptors (Lipinski definition) is 4. The fourth-order valence-electron chi connectivity index (χ4n) is 6.33. The van der Waals surface area contributed by atoms with Crippen molar-refractivity contribution in [2.24, 2.45) is 5.92 Å². The maximum atomic E-state index is 13.7. The maximum Gasteiger partial charge on any atom is 0.410 e. The molecule has 4 rings (SSSR count). The van der Waals surface area contributed by atoms with Crippen LogP contribution in [-0.2, 0) is 27.2 Å². The summed E-state index contributed by atoms with van der Waals surface area (Å²) < 4.78 is 5.62. The Bertz CT molecular complexity index is 1120. The van der Waals surface area contributed by atoms with Gasteiger partial charge in [-0.05, 0) is 103 Å². The number of nitrogens with zero attached hydrogens (tertiary/aromatic N) is 2. The number of amides is 3. The highest BCUT2D eigenvalue weighted by Gasteiger charge is 2.39. The molecule has 0 aliphatic carbocycles. The predicted molar refractivity (Wildman–Crippen MR) is 171 cm³/mol. The van der Waals surface area contributed by atoms with Gasteiger partial charge in [0.05, 0.1) is 5.92 Å². The summed E-state index contributed by atoms with van der Waals surface area (Å²) in [4.78, 5) is 43.7. The first kappa shape index (κ1) is 32.6. The van der Waals surface area contributed by atoms with E-state index in [4.69, 9.17) is 4.74 Å². The molecule has 2 fully saturated rings. The van der Waals surface area contributed by atoms with Crippen molar-refractivity contribution in [3.05, 3.63) is 71.8 Å². The molecule has 0 spiro atoms. The minimum Gasteiger partial charge on any atom is -0.444 e. The van der Waals surface area contributed by atoms with E-state index in [-0.39, 0.29) is 23.8 Å². The van der Waals surface area contributed by atoms with Crippen LogP contribution in [0.3, 0.4) is 0 Å². The molecule has 2 unspecified atom stereocenters. The van der Waals surface area contributed by atoms with Gasteiger partial charge >= 0.3 is 6.09 Å². The summed E-state index contributed by atoms with van der Waals surface area (Å²) in [5.41, 5.74) is 2.03. The van der Waals surface area contributed by atoms with Gasteiger partial charge in [-0.3, -0.25) is 14.5 Å². The van der Waals surface area contributed by atoms with Gasteiger partial charge in [-0.15, -0.1) is 0 Å². The van der Waals surface area contributed by atoms with E-state index in [1.165, 1.54) is 11.1 Å². The number of carbonyl (C=O) groups excluding carboxylic acids is 3. The zero-order valence-corrected chi connectivity index (χ0v) is 26.4. The minimum absolute atomic E-state index is 0.0505. The SMILES string of the molecule is CC(C)(C)OC(=O)N1CCCCC1C(=O)N1CCCC(C(=O)NC(CCCc2ccccc2)CCCc2ccccc2)C1. The molecular weight excluding hydrogens is 538 g/mol. The molecule has 43 heavy (non-hydrogen) atoms. The highest BCUT2D eigenvalue weighted by Crippen LogP contribution is 2.25. The van der Waals surface area contributed by atoms with Gasteiger partial charge in [0, 0.05) is 25.7 Å². The quantitative estimate of drug-likeness (QED) is 0.323. The fourth-order valence-corrected chi connectivity index (χ4v) is 6.33. The van der Waals surface area contributed by atoms with Crippen molar-refractivity contribution in [2.75, 3.05) is 19.6 Å². The standard InChI is InChI=1S/C36H51N3O4/c1-36(2,3)43-35(42)39-26-11-10-24-32(39)34(41)38-25-14-21-30(27-38)33(40)37-31(22-12-19-28-15-6-4-7-16-28)23-13-20-29-17-8-5-9-18-29/h4-9,15-18,30-32H,10-14,19-27H2,1-3H3,(H,37,40).